The Morgan fingerprint density at radius 3 is 2.50 bits per heavy atom. The van der Waals surface area contributed by atoms with Gasteiger partial charge in [-0.25, -0.2) is 13.6 Å². The monoisotopic (exact) mass is 288 g/mol. The van der Waals surface area contributed by atoms with Gasteiger partial charge in [0.1, 0.15) is 0 Å². The van der Waals surface area contributed by atoms with E-state index < -0.39 is 10.0 Å². The van der Waals surface area contributed by atoms with Crippen LogP contribution in [0, 0.1) is 0 Å². The van der Waals surface area contributed by atoms with Crippen LogP contribution in [0.1, 0.15) is 18.9 Å². The first kappa shape index (κ1) is 15.5. The third kappa shape index (κ3) is 5.86. The molecular weight excluding hydrogens is 268 g/mol. The van der Waals surface area contributed by atoms with Gasteiger partial charge in [-0.1, -0.05) is 19.1 Å². The number of benzene rings is 1. The predicted molar refractivity (Wildman–Crippen MR) is 77.1 cm³/mol. The zero-order valence-corrected chi connectivity index (χ0v) is 12.2. The van der Waals surface area contributed by atoms with Crippen molar-refractivity contribution in [1.29, 1.82) is 0 Å². The van der Waals surface area contributed by atoms with Crippen LogP contribution >= 0.6 is 11.8 Å². The van der Waals surface area contributed by atoms with E-state index in [9.17, 15) is 8.42 Å². The molecule has 0 aliphatic heterocycles. The van der Waals surface area contributed by atoms with Crippen molar-refractivity contribution in [2.45, 2.75) is 24.8 Å². The van der Waals surface area contributed by atoms with Crippen molar-refractivity contribution < 1.29 is 8.42 Å². The Bertz CT molecular complexity index is 444. The summed E-state index contributed by atoms with van der Waals surface area (Å²) in [6.07, 6.45) is 1.15. The minimum Gasteiger partial charge on any atom is -0.313 e. The van der Waals surface area contributed by atoms with Crippen molar-refractivity contribution >= 4 is 21.8 Å². The minimum absolute atomic E-state index is 0.158. The van der Waals surface area contributed by atoms with Crippen molar-refractivity contribution in [3.8, 4) is 0 Å². The second-order valence-electron chi connectivity index (χ2n) is 3.92. The number of sulfonamides is 1. The van der Waals surface area contributed by atoms with Crippen LogP contribution in [0.3, 0.4) is 0 Å². The molecule has 18 heavy (non-hydrogen) atoms. The maximum Gasteiger partial charge on any atom is 0.238 e. The number of primary sulfonamides is 1. The summed E-state index contributed by atoms with van der Waals surface area (Å²) in [6.45, 7) is 3.89. The highest BCUT2D eigenvalue weighted by Gasteiger charge is 2.06. The average molecular weight is 288 g/mol. The van der Waals surface area contributed by atoms with E-state index in [1.807, 2.05) is 11.8 Å². The molecule has 6 heteroatoms. The Kier molecular flexibility index (Phi) is 6.70. The number of nitrogens with one attached hydrogen (secondary N) is 1. The molecular formula is C12H20N2O2S2. The molecule has 0 bridgehead atoms. The molecule has 0 unspecified atom stereocenters. The number of hydrogen-bond donors (Lipinski definition) is 2. The molecule has 0 spiro atoms. The van der Waals surface area contributed by atoms with Crippen LogP contribution in [0.2, 0.25) is 0 Å². The maximum atomic E-state index is 11.1. The summed E-state index contributed by atoms with van der Waals surface area (Å²) in [6, 6.07) is 6.65. The zero-order valence-electron chi connectivity index (χ0n) is 10.6. The number of thioether (sulfide) groups is 1. The highest BCUT2D eigenvalue weighted by molar-refractivity contribution is 7.99. The lowest BCUT2D eigenvalue weighted by molar-refractivity contribution is 0.597. The molecule has 0 aliphatic rings. The lowest BCUT2D eigenvalue weighted by atomic mass is 10.2. The molecule has 1 aromatic rings. The molecule has 1 aromatic carbocycles. The fourth-order valence-corrected chi connectivity index (χ4v) is 2.63. The van der Waals surface area contributed by atoms with Gasteiger partial charge in [-0.15, -0.1) is 0 Å². The van der Waals surface area contributed by atoms with Gasteiger partial charge in [0.05, 0.1) is 4.90 Å². The largest absolute Gasteiger partial charge is 0.313 e. The van der Waals surface area contributed by atoms with E-state index >= 15 is 0 Å². The van der Waals surface area contributed by atoms with E-state index in [2.05, 4.69) is 12.2 Å². The first-order chi connectivity index (χ1) is 8.54. The summed E-state index contributed by atoms with van der Waals surface area (Å²) in [7, 11) is -3.58. The highest BCUT2D eigenvalue weighted by Crippen LogP contribution is 2.08. The fraction of sp³-hybridized carbons (Fsp3) is 0.500. The van der Waals surface area contributed by atoms with Crippen molar-refractivity contribution in [2.75, 3.05) is 18.1 Å². The molecule has 102 valence electrons. The molecule has 0 aromatic heterocycles. The quantitative estimate of drug-likeness (QED) is 0.712. The summed E-state index contributed by atoms with van der Waals surface area (Å²) in [5.41, 5.74) is 1.06. The third-order valence-corrected chi connectivity index (χ3v) is 4.34. The third-order valence-electron chi connectivity index (χ3n) is 2.43. The summed E-state index contributed by atoms with van der Waals surface area (Å²) >= 11 is 1.94. The Morgan fingerprint density at radius 2 is 1.94 bits per heavy atom. The SMILES string of the molecule is CCSCCCNCc1ccc(S(N)(=O)=O)cc1. The van der Waals surface area contributed by atoms with Crippen LogP contribution in [-0.4, -0.2) is 26.5 Å². The molecule has 1 rings (SSSR count). The van der Waals surface area contributed by atoms with E-state index in [0.717, 1.165) is 30.8 Å². The van der Waals surface area contributed by atoms with E-state index in [1.165, 1.54) is 5.75 Å². The second kappa shape index (κ2) is 7.78. The lowest BCUT2D eigenvalue weighted by Gasteiger charge is -2.05. The van der Waals surface area contributed by atoms with Gasteiger partial charge >= 0.3 is 0 Å². The normalized spacial score (nSPS) is 11.7. The number of nitrogens with two attached hydrogens (primary N) is 1. The highest BCUT2D eigenvalue weighted by atomic mass is 32.2. The molecule has 0 saturated carbocycles. The minimum atomic E-state index is -3.58. The smallest absolute Gasteiger partial charge is 0.238 e. The van der Waals surface area contributed by atoms with Gasteiger partial charge in [0, 0.05) is 6.54 Å². The number of rotatable bonds is 8. The first-order valence-corrected chi connectivity index (χ1v) is 8.64. The molecule has 4 nitrogen and oxygen atoms in total. The Morgan fingerprint density at radius 1 is 1.28 bits per heavy atom. The average Bonchev–Trinajstić information content (AvgIpc) is 2.33. The maximum absolute atomic E-state index is 11.1. The lowest BCUT2D eigenvalue weighted by Crippen LogP contribution is -2.16. The summed E-state index contributed by atoms with van der Waals surface area (Å²) in [4.78, 5) is 0.158. The number of hydrogen-bond acceptors (Lipinski definition) is 4. The topological polar surface area (TPSA) is 72.2 Å². The first-order valence-electron chi connectivity index (χ1n) is 5.94. The summed E-state index contributed by atoms with van der Waals surface area (Å²) < 4.78 is 22.1. The predicted octanol–water partition coefficient (Wildman–Crippen LogP) is 1.57. The van der Waals surface area contributed by atoms with E-state index in [-0.39, 0.29) is 4.90 Å². The fourth-order valence-electron chi connectivity index (χ4n) is 1.47. The van der Waals surface area contributed by atoms with E-state index in [0.29, 0.717) is 0 Å². The molecule has 0 fully saturated rings. The van der Waals surface area contributed by atoms with Crippen LogP contribution < -0.4 is 10.5 Å². The van der Waals surface area contributed by atoms with Gasteiger partial charge in [-0.05, 0) is 42.2 Å². The van der Waals surface area contributed by atoms with E-state index in [1.54, 1.807) is 24.3 Å². The zero-order chi connectivity index (χ0) is 13.4. The second-order valence-corrected chi connectivity index (χ2v) is 6.87. The Labute approximate surface area is 113 Å². The standard InChI is InChI=1S/C12H20N2O2S2/c1-2-17-9-3-8-14-10-11-4-6-12(7-5-11)18(13,15)16/h4-7,14H,2-3,8-10H2,1H3,(H2,13,15,16). The van der Waals surface area contributed by atoms with Crippen molar-refractivity contribution in [1.82, 2.24) is 5.32 Å². The molecule has 0 aliphatic carbocycles. The van der Waals surface area contributed by atoms with Gasteiger partial charge in [-0.3, -0.25) is 0 Å². The van der Waals surface area contributed by atoms with Crippen molar-refractivity contribution in [3.05, 3.63) is 29.8 Å². The van der Waals surface area contributed by atoms with Crippen molar-refractivity contribution in [3.63, 3.8) is 0 Å². The summed E-state index contributed by atoms with van der Waals surface area (Å²) in [5, 5.41) is 8.35. The van der Waals surface area contributed by atoms with Crippen LogP contribution in [-0.2, 0) is 16.6 Å². The molecule has 3 N–H and O–H groups in total. The molecule has 0 amide bonds. The molecule has 0 atom stereocenters. The van der Waals surface area contributed by atoms with Crippen molar-refractivity contribution in [2.24, 2.45) is 5.14 Å². The van der Waals surface area contributed by atoms with E-state index in [4.69, 9.17) is 5.14 Å². The van der Waals surface area contributed by atoms with Gasteiger partial charge in [-0.2, -0.15) is 11.8 Å². The van der Waals surface area contributed by atoms with Crippen LogP contribution in [0.25, 0.3) is 0 Å². The molecule has 0 saturated heterocycles. The van der Waals surface area contributed by atoms with Gasteiger partial charge in [0.15, 0.2) is 0 Å². The summed E-state index contributed by atoms with van der Waals surface area (Å²) in [5.74, 6) is 2.34. The van der Waals surface area contributed by atoms with Gasteiger partial charge in [0.25, 0.3) is 0 Å². The van der Waals surface area contributed by atoms with Gasteiger partial charge in [0.2, 0.25) is 10.0 Å². The van der Waals surface area contributed by atoms with Gasteiger partial charge < -0.3 is 5.32 Å². The Balaban J connectivity index is 2.32. The molecule has 0 heterocycles. The Hall–Kier alpha value is -0.560. The van der Waals surface area contributed by atoms with Crippen LogP contribution in [0.15, 0.2) is 29.2 Å². The van der Waals surface area contributed by atoms with Crippen LogP contribution in [0.5, 0.6) is 0 Å². The van der Waals surface area contributed by atoms with Crippen LogP contribution in [0.4, 0.5) is 0 Å². The molecule has 0 radical (unpaired) electrons.